The van der Waals surface area contributed by atoms with Gasteiger partial charge in [-0.15, -0.1) is 0 Å². The number of hydrogen-bond donors (Lipinski definition) is 1. The molecule has 1 N–H and O–H groups in total. The second-order valence-electron chi connectivity index (χ2n) is 6.63. The van der Waals surface area contributed by atoms with Crippen molar-refractivity contribution in [1.82, 2.24) is 19.8 Å². The number of aromatic nitrogens is 2. The molecule has 5 heteroatoms. The van der Waals surface area contributed by atoms with Gasteiger partial charge in [0.05, 0.1) is 0 Å². The van der Waals surface area contributed by atoms with Crippen LogP contribution in [0.15, 0.2) is 36.7 Å². The molecule has 2 aromatic rings. The molecule has 0 saturated carbocycles. The van der Waals surface area contributed by atoms with Crippen molar-refractivity contribution in [1.29, 1.82) is 0 Å². The van der Waals surface area contributed by atoms with E-state index in [1.165, 1.54) is 5.56 Å². The van der Waals surface area contributed by atoms with Crippen LogP contribution in [0.4, 0.5) is 0 Å². The van der Waals surface area contributed by atoms with Crippen LogP contribution in [-0.4, -0.2) is 39.5 Å². The Kier molecular flexibility index (Phi) is 7.19. The average Bonchev–Trinajstić information content (AvgIpc) is 3.01. The Morgan fingerprint density at radius 1 is 1.28 bits per heavy atom. The Labute approximate surface area is 151 Å². The van der Waals surface area contributed by atoms with Gasteiger partial charge in [0.2, 0.25) is 0 Å². The fourth-order valence-electron chi connectivity index (χ4n) is 2.85. The average molecular weight is 342 g/mol. The van der Waals surface area contributed by atoms with Crippen LogP contribution in [0.25, 0.3) is 0 Å². The smallest absolute Gasteiger partial charge is 0.251 e. The predicted octanol–water partition coefficient (Wildman–Crippen LogP) is 3.24. The molecule has 0 fully saturated rings. The molecule has 0 radical (unpaired) electrons. The molecule has 0 spiro atoms. The third-order valence-electron chi connectivity index (χ3n) is 4.52. The summed E-state index contributed by atoms with van der Waals surface area (Å²) in [7, 11) is 0. The van der Waals surface area contributed by atoms with Crippen molar-refractivity contribution in [2.75, 3.05) is 13.1 Å². The summed E-state index contributed by atoms with van der Waals surface area (Å²) in [6.45, 7) is 12.0. The highest BCUT2D eigenvalue weighted by atomic mass is 16.1. The van der Waals surface area contributed by atoms with Gasteiger partial charge in [-0.05, 0) is 51.4 Å². The zero-order chi connectivity index (χ0) is 18.2. The number of nitrogens with one attached hydrogen (secondary N) is 1. The second kappa shape index (κ2) is 9.37. The summed E-state index contributed by atoms with van der Waals surface area (Å²) < 4.78 is 2.09. The van der Waals surface area contributed by atoms with E-state index in [0.29, 0.717) is 12.6 Å². The van der Waals surface area contributed by atoms with Crippen molar-refractivity contribution in [3.63, 3.8) is 0 Å². The molecule has 0 aliphatic heterocycles. The van der Waals surface area contributed by atoms with E-state index >= 15 is 0 Å². The van der Waals surface area contributed by atoms with Crippen LogP contribution in [0.1, 0.15) is 48.9 Å². The maximum atomic E-state index is 12.2. The number of nitrogens with zero attached hydrogens (tertiary/aromatic N) is 3. The van der Waals surface area contributed by atoms with Crippen LogP contribution in [0.2, 0.25) is 0 Å². The van der Waals surface area contributed by atoms with E-state index in [-0.39, 0.29) is 5.91 Å². The number of imidazole rings is 1. The van der Waals surface area contributed by atoms with Crippen molar-refractivity contribution in [3.05, 3.63) is 53.6 Å². The molecule has 1 heterocycles. The highest BCUT2D eigenvalue weighted by molar-refractivity contribution is 5.94. The highest BCUT2D eigenvalue weighted by Gasteiger charge is 2.09. The maximum Gasteiger partial charge on any atom is 0.251 e. The number of carbonyl (C=O) groups is 1. The van der Waals surface area contributed by atoms with Gasteiger partial charge in [-0.2, -0.15) is 0 Å². The van der Waals surface area contributed by atoms with Crippen LogP contribution < -0.4 is 5.32 Å². The molecule has 0 atom stereocenters. The summed E-state index contributed by atoms with van der Waals surface area (Å²) >= 11 is 0. The SMILES string of the molecule is CCN(Cc1ccc(C(=O)NCCCn2ccnc2C)cc1)C(C)C. The van der Waals surface area contributed by atoms with Gasteiger partial charge in [-0.3, -0.25) is 9.69 Å². The van der Waals surface area contributed by atoms with E-state index in [4.69, 9.17) is 0 Å². The number of carbonyl (C=O) groups excluding carboxylic acids is 1. The van der Waals surface area contributed by atoms with Crippen LogP contribution in [0.3, 0.4) is 0 Å². The van der Waals surface area contributed by atoms with Gasteiger partial charge in [0.1, 0.15) is 5.82 Å². The van der Waals surface area contributed by atoms with E-state index in [0.717, 1.165) is 37.4 Å². The molecule has 5 nitrogen and oxygen atoms in total. The van der Waals surface area contributed by atoms with E-state index in [1.807, 2.05) is 25.3 Å². The summed E-state index contributed by atoms with van der Waals surface area (Å²) in [6.07, 6.45) is 4.65. The van der Waals surface area contributed by atoms with Gasteiger partial charge in [0.15, 0.2) is 0 Å². The van der Waals surface area contributed by atoms with Crippen molar-refractivity contribution >= 4 is 5.91 Å². The van der Waals surface area contributed by atoms with Crippen LogP contribution in [-0.2, 0) is 13.1 Å². The minimum Gasteiger partial charge on any atom is -0.352 e. The van der Waals surface area contributed by atoms with Gasteiger partial charge < -0.3 is 9.88 Å². The van der Waals surface area contributed by atoms with E-state index < -0.39 is 0 Å². The predicted molar refractivity (Wildman–Crippen MR) is 102 cm³/mol. The lowest BCUT2D eigenvalue weighted by atomic mass is 10.1. The molecule has 25 heavy (non-hydrogen) atoms. The Hall–Kier alpha value is -2.14. The number of aryl methyl sites for hydroxylation is 2. The molecule has 0 aliphatic carbocycles. The van der Waals surface area contributed by atoms with Gasteiger partial charge >= 0.3 is 0 Å². The highest BCUT2D eigenvalue weighted by Crippen LogP contribution is 2.10. The summed E-state index contributed by atoms with van der Waals surface area (Å²) in [4.78, 5) is 18.8. The van der Waals surface area contributed by atoms with Crippen molar-refractivity contribution in [3.8, 4) is 0 Å². The number of amides is 1. The first kappa shape index (κ1) is 19.2. The minimum absolute atomic E-state index is 0.00916. The van der Waals surface area contributed by atoms with Gasteiger partial charge in [-0.1, -0.05) is 19.1 Å². The maximum absolute atomic E-state index is 12.2. The first-order chi connectivity index (χ1) is 12.0. The molecule has 0 saturated heterocycles. The summed E-state index contributed by atoms with van der Waals surface area (Å²) in [5.41, 5.74) is 1.96. The summed E-state index contributed by atoms with van der Waals surface area (Å²) in [5, 5.41) is 2.99. The number of benzene rings is 1. The zero-order valence-electron chi connectivity index (χ0n) is 15.8. The molecule has 0 aliphatic rings. The van der Waals surface area contributed by atoms with Gasteiger partial charge in [0.25, 0.3) is 5.91 Å². The number of hydrogen-bond acceptors (Lipinski definition) is 3. The first-order valence-electron chi connectivity index (χ1n) is 9.10. The quantitative estimate of drug-likeness (QED) is 0.712. The Balaban J connectivity index is 1.78. The lowest BCUT2D eigenvalue weighted by Crippen LogP contribution is -2.30. The van der Waals surface area contributed by atoms with Gasteiger partial charge in [0, 0.05) is 43.6 Å². The standard InChI is InChI=1S/C20H30N4O/c1-5-23(16(2)3)15-18-7-9-19(10-8-18)20(25)22-11-6-13-24-14-12-21-17(24)4/h7-10,12,14,16H,5-6,11,13,15H2,1-4H3,(H,22,25). The third kappa shape index (κ3) is 5.71. The van der Waals surface area contributed by atoms with E-state index in [1.54, 1.807) is 6.20 Å². The molecule has 0 bridgehead atoms. The molecule has 136 valence electrons. The summed E-state index contributed by atoms with van der Waals surface area (Å²) in [6, 6.07) is 8.45. The zero-order valence-corrected chi connectivity index (χ0v) is 15.8. The van der Waals surface area contributed by atoms with Crippen molar-refractivity contribution in [2.24, 2.45) is 0 Å². The fourth-order valence-corrected chi connectivity index (χ4v) is 2.85. The van der Waals surface area contributed by atoms with Crippen molar-refractivity contribution in [2.45, 2.75) is 53.2 Å². The monoisotopic (exact) mass is 342 g/mol. The third-order valence-corrected chi connectivity index (χ3v) is 4.52. The molecule has 0 unspecified atom stereocenters. The molecule has 1 amide bonds. The fraction of sp³-hybridized carbons (Fsp3) is 0.500. The lowest BCUT2D eigenvalue weighted by molar-refractivity contribution is 0.0952. The lowest BCUT2D eigenvalue weighted by Gasteiger charge is -2.24. The normalized spacial score (nSPS) is 11.3. The summed E-state index contributed by atoms with van der Waals surface area (Å²) in [5.74, 6) is 0.995. The molecular weight excluding hydrogens is 312 g/mol. The Morgan fingerprint density at radius 3 is 2.56 bits per heavy atom. The van der Waals surface area contributed by atoms with Crippen molar-refractivity contribution < 1.29 is 4.79 Å². The first-order valence-corrected chi connectivity index (χ1v) is 9.10. The van der Waals surface area contributed by atoms with Crippen LogP contribution in [0.5, 0.6) is 0 Å². The molecule has 2 rings (SSSR count). The molecule has 1 aromatic heterocycles. The topological polar surface area (TPSA) is 50.2 Å². The second-order valence-corrected chi connectivity index (χ2v) is 6.63. The van der Waals surface area contributed by atoms with Crippen LogP contribution in [0, 0.1) is 6.92 Å². The molecular formula is C20H30N4O. The Morgan fingerprint density at radius 2 is 2.00 bits per heavy atom. The molecule has 1 aromatic carbocycles. The van der Waals surface area contributed by atoms with E-state index in [9.17, 15) is 4.79 Å². The minimum atomic E-state index is -0.00916. The van der Waals surface area contributed by atoms with E-state index in [2.05, 4.69) is 52.7 Å². The van der Waals surface area contributed by atoms with Crippen LogP contribution >= 0.6 is 0 Å². The number of rotatable bonds is 9. The van der Waals surface area contributed by atoms with Gasteiger partial charge in [-0.25, -0.2) is 4.98 Å². The Bertz CT molecular complexity index is 661. The largest absolute Gasteiger partial charge is 0.352 e.